The zero-order valence-electron chi connectivity index (χ0n) is 18.3. The molecule has 0 aliphatic carbocycles. The van der Waals surface area contributed by atoms with Crippen molar-refractivity contribution in [1.82, 2.24) is 34.3 Å². The van der Waals surface area contributed by atoms with Gasteiger partial charge in [-0.2, -0.15) is 5.10 Å². The predicted octanol–water partition coefficient (Wildman–Crippen LogP) is 4.02. The van der Waals surface area contributed by atoms with Crippen LogP contribution < -0.4 is 10.9 Å². The molecular weight excluding hydrogens is 428 g/mol. The molecule has 1 unspecified atom stereocenters. The van der Waals surface area contributed by atoms with Crippen LogP contribution in [0.5, 0.6) is 0 Å². The number of H-pyrrole nitrogens is 1. The van der Waals surface area contributed by atoms with Crippen molar-refractivity contribution in [2.24, 2.45) is 0 Å². The topological polar surface area (TPSA) is 106 Å². The van der Waals surface area contributed by atoms with Crippen molar-refractivity contribution in [3.63, 3.8) is 0 Å². The Morgan fingerprint density at radius 2 is 1.88 bits per heavy atom. The van der Waals surface area contributed by atoms with Crippen LogP contribution in [0.2, 0.25) is 0 Å². The van der Waals surface area contributed by atoms with Crippen molar-refractivity contribution in [1.29, 1.82) is 0 Å². The molecule has 0 saturated carbocycles. The molecule has 0 fully saturated rings. The van der Waals surface area contributed by atoms with E-state index in [1.807, 2.05) is 73.8 Å². The number of hydrogen-bond acceptors (Lipinski definition) is 6. The molecule has 9 nitrogen and oxygen atoms in total. The monoisotopic (exact) mass is 448 g/mol. The molecule has 0 radical (unpaired) electrons. The van der Waals surface area contributed by atoms with Gasteiger partial charge in [-0.05, 0) is 42.6 Å². The van der Waals surface area contributed by atoms with Crippen molar-refractivity contribution in [3.8, 4) is 11.4 Å². The molecule has 166 valence electrons. The van der Waals surface area contributed by atoms with Gasteiger partial charge in [0, 0.05) is 23.8 Å². The van der Waals surface area contributed by atoms with Crippen LogP contribution in [0, 0.1) is 0 Å². The molecule has 2 N–H and O–H groups in total. The molecule has 0 aliphatic rings. The molecule has 6 aromatic rings. The lowest BCUT2D eigenvalue weighted by atomic mass is 10.1. The summed E-state index contributed by atoms with van der Waals surface area (Å²) in [6, 6.07) is 19.1. The van der Waals surface area contributed by atoms with E-state index >= 15 is 0 Å². The number of fused-ring (bicyclic) bond motifs is 2. The SMILES string of the molecule is CC(Nc1ncnc2nc[nH]c12)c1cc2cccc(-n3cccn3)c2c(=O)n1-c1ccccc1. The van der Waals surface area contributed by atoms with Crippen LogP contribution in [0.4, 0.5) is 5.82 Å². The van der Waals surface area contributed by atoms with E-state index in [4.69, 9.17) is 0 Å². The Labute approximate surface area is 193 Å². The summed E-state index contributed by atoms with van der Waals surface area (Å²) in [5, 5.41) is 9.22. The minimum Gasteiger partial charge on any atom is -0.360 e. The predicted molar refractivity (Wildman–Crippen MR) is 130 cm³/mol. The number of aromatic amines is 1. The maximum absolute atomic E-state index is 14.0. The number of hydrogen-bond donors (Lipinski definition) is 2. The largest absolute Gasteiger partial charge is 0.360 e. The second kappa shape index (κ2) is 7.96. The van der Waals surface area contributed by atoms with Crippen molar-refractivity contribution < 1.29 is 0 Å². The highest BCUT2D eigenvalue weighted by molar-refractivity contribution is 5.90. The van der Waals surface area contributed by atoms with Gasteiger partial charge in [-0.1, -0.05) is 30.3 Å². The molecule has 6 rings (SSSR count). The number of nitrogens with zero attached hydrogens (tertiary/aromatic N) is 6. The third-order valence-electron chi connectivity index (χ3n) is 5.84. The minimum absolute atomic E-state index is 0.118. The highest BCUT2D eigenvalue weighted by atomic mass is 16.1. The Morgan fingerprint density at radius 3 is 2.71 bits per heavy atom. The summed E-state index contributed by atoms with van der Waals surface area (Å²) in [5.74, 6) is 0.618. The van der Waals surface area contributed by atoms with E-state index in [2.05, 4.69) is 30.4 Å². The summed E-state index contributed by atoms with van der Waals surface area (Å²) in [6.07, 6.45) is 6.60. The van der Waals surface area contributed by atoms with E-state index in [1.165, 1.54) is 6.33 Å². The molecule has 0 aliphatic heterocycles. The van der Waals surface area contributed by atoms with Crippen LogP contribution >= 0.6 is 0 Å². The first-order valence-corrected chi connectivity index (χ1v) is 10.9. The van der Waals surface area contributed by atoms with E-state index in [1.54, 1.807) is 21.8 Å². The maximum Gasteiger partial charge on any atom is 0.265 e. The number of pyridine rings is 1. The number of anilines is 1. The van der Waals surface area contributed by atoms with Gasteiger partial charge in [0.05, 0.1) is 23.4 Å². The van der Waals surface area contributed by atoms with Crippen molar-refractivity contribution in [3.05, 3.63) is 102 Å². The van der Waals surface area contributed by atoms with Crippen LogP contribution in [0.3, 0.4) is 0 Å². The molecule has 4 heterocycles. The average molecular weight is 448 g/mol. The van der Waals surface area contributed by atoms with Gasteiger partial charge in [-0.3, -0.25) is 9.36 Å². The average Bonchev–Trinajstić information content (AvgIpc) is 3.57. The number of rotatable bonds is 5. The number of aromatic nitrogens is 7. The number of imidazole rings is 1. The maximum atomic E-state index is 14.0. The molecule has 34 heavy (non-hydrogen) atoms. The van der Waals surface area contributed by atoms with Crippen molar-refractivity contribution in [2.45, 2.75) is 13.0 Å². The van der Waals surface area contributed by atoms with Gasteiger partial charge in [0.15, 0.2) is 11.5 Å². The van der Waals surface area contributed by atoms with Crippen LogP contribution in [0.1, 0.15) is 18.7 Å². The lowest BCUT2D eigenvalue weighted by Gasteiger charge is -2.22. The van der Waals surface area contributed by atoms with Crippen molar-refractivity contribution >= 4 is 27.8 Å². The third kappa shape index (κ3) is 3.22. The third-order valence-corrected chi connectivity index (χ3v) is 5.84. The molecule has 9 heteroatoms. The fourth-order valence-corrected chi connectivity index (χ4v) is 4.28. The smallest absolute Gasteiger partial charge is 0.265 e. The second-order valence-corrected chi connectivity index (χ2v) is 7.93. The lowest BCUT2D eigenvalue weighted by Crippen LogP contribution is -2.26. The second-order valence-electron chi connectivity index (χ2n) is 7.93. The number of nitrogens with one attached hydrogen (secondary N) is 2. The first kappa shape index (κ1) is 19.9. The molecule has 1 atom stereocenters. The van der Waals surface area contributed by atoms with E-state index in [0.717, 1.165) is 22.5 Å². The first-order valence-electron chi connectivity index (χ1n) is 10.9. The molecule has 4 aromatic heterocycles. The van der Waals surface area contributed by atoms with Crippen LogP contribution in [-0.2, 0) is 0 Å². The summed E-state index contributed by atoms with van der Waals surface area (Å²) < 4.78 is 3.47. The minimum atomic E-state index is -0.257. The van der Waals surface area contributed by atoms with Gasteiger partial charge < -0.3 is 10.3 Å². The Bertz CT molecular complexity index is 1670. The van der Waals surface area contributed by atoms with Crippen LogP contribution in [0.15, 0.2) is 90.5 Å². The Hall–Kier alpha value is -4.79. The Balaban J connectivity index is 1.58. The summed E-state index contributed by atoms with van der Waals surface area (Å²) >= 11 is 0. The van der Waals surface area contributed by atoms with Crippen LogP contribution in [0.25, 0.3) is 33.3 Å². The van der Waals surface area contributed by atoms with E-state index in [0.29, 0.717) is 22.4 Å². The van der Waals surface area contributed by atoms with Gasteiger partial charge in [0.2, 0.25) is 0 Å². The fourth-order valence-electron chi connectivity index (χ4n) is 4.28. The molecule has 2 aromatic carbocycles. The van der Waals surface area contributed by atoms with Crippen LogP contribution in [-0.4, -0.2) is 34.3 Å². The quantitative estimate of drug-likeness (QED) is 0.413. The highest BCUT2D eigenvalue weighted by Crippen LogP contribution is 2.27. The van der Waals surface area contributed by atoms with Gasteiger partial charge >= 0.3 is 0 Å². The molecule has 0 bridgehead atoms. The highest BCUT2D eigenvalue weighted by Gasteiger charge is 2.20. The standard InChI is InChI=1S/C25H20N8O/c1-16(31-24-22-23(27-14-26-22)28-15-29-24)20-13-17-7-5-10-19(32-12-6-11-30-32)21(17)25(34)33(20)18-8-3-2-4-9-18/h2-16H,1H3,(H2,26,27,28,29,31). The Morgan fingerprint density at radius 1 is 1.00 bits per heavy atom. The van der Waals surface area contributed by atoms with Gasteiger partial charge in [0.1, 0.15) is 11.8 Å². The first-order chi connectivity index (χ1) is 16.7. The van der Waals surface area contributed by atoms with Crippen molar-refractivity contribution in [2.75, 3.05) is 5.32 Å². The van der Waals surface area contributed by atoms with Gasteiger partial charge in [-0.25, -0.2) is 19.6 Å². The molecule has 0 spiro atoms. The van der Waals surface area contributed by atoms with E-state index < -0.39 is 0 Å². The summed E-state index contributed by atoms with van der Waals surface area (Å²) in [5.41, 5.74) is 3.49. The normalized spacial score (nSPS) is 12.3. The summed E-state index contributed by atoms with van der Waals surface area (Å²) in [6.45, 7) is 2.00. The lowest BCUT2D eigenvalue weighted by molar-refractivity contribution is 0.773. The van der Waals surface area contributed by atoms with E-state index in [-0.39, 0.29) is 11.6 Å². The van der Waals surface area contributed by atoms with Gasteiger partial charge in [-0.15, -0.1) is 0 Å². The number of benzene rings is 2. The number of para-hydroxylation sites is 1. The molecule has 0 saturated heterocycles. The Kier molecular flexibility index (Phi) is 4.65. The summed E-state index contributed by atoms with van der Waals surface area (Å²) in [4.78, 5) is 29.9. The zero-order valence-corrected chi connectivity index (χ0v) is 18.3. The summed E-state index contributed by atoms with van der Waals surface area (Å²) in [7, 11) is 0. The van der Waals surface area contributed by atoms with Gasteiger partial charge in [0.25, 0.3) is 5.56 Å². The van der Waals surface area contributed by atoms with E-state index in [9.17, 15) is 4.79 Å². The molecule has 0 amide bonds. The fraction of sp³-hybridized carbons (Fsp3) is 0.0800. The zero-order chi connectivity index (χ0) is 23.1. The molecular formula is C25H20N8O.